The van der Waals surface area contributed by atoms with Crippen molar-refractivity contribution in [1.29, 1.82) is 0 Å². The van der Waals surface area contributed by atoms with Crippen LogP contribution in [0.5, 0.6) is 0 Å². The van der Waals surface area contributed by atoms with E-state index in [1.54, 1.807) is 0 Å². The third kappa shape index (κ3) is 4.94. The topological polar surface area (TPSA) is 98.7 Å². The van der Waals surface area contributed by atoms with Gasteiger partial charge in [-0.05, 0) is 25.1 Å². The van der Waals surface area contributed by atoms with Gasteiger partial charge in [0.25, 0.3) is 0 Å². The van der Waals surface area contributed by atoms with Crippen molar-refractivity contribution < 1.29 is 19.8 Å². The summed E-state index contributed by atoms with van der Waals surface area (Å²) in [6.45, 7) is 1.26. The minimum absolute atomic E-state index is 0.310. The molecule has 0 radical (unpaired) electrons. The van der Waals surface area contributed by atoms with Crippen LogP contribution in [0.4, 0.5) is 10.5 Å². The number of carbonyl (C=O) groups is 2. The second-order valence-corrected chi connectivity index (χ2v) is 4.69. The molecule has 2 atom stereocenters. The van der Waals surface area contributed by atoms with Crippen LogP contribution in [-0.4, -0.2) is 34.4 Å². The smallest absolute Gasteiger partial charge is 0.328 e. The van der Waals surface area contributed by atoms with Crippen molar-refractivity contribution in [2.24, 2.45) is 0 Å². The molecule has 6 nitrogen and oxygen atoms in total. The number of aliphatic carboxylic acids is 1. The van der Waals surface area contributed by atoms with Gasteiger partial charge in [0, 0.05) is 15.7 Å². The van der Waals surface area contributed by atoms with Crippen LogP contribution in [0.3, 0.4) is 0 Å². The molecule has 0 heterocycles. The highest BCUT2D eigenvalue weighted by Crippen LogP contribution is 2.22. The zero-order chi connectivity index (χ0) is 14.6. The van der Waals surface area contributed by atoms with E-state index in [0.717, 1.165) is 0 Å². The third-order valence-electron chi connectivity index (χ3n) is 2.16. The fraction of sp³-hybridized carbons (Fsp3) is 0.273. The quantitative estimate of drug-likeness (QED) is 0.683. The second kappa shape index (κ2) is 6.60. The van der Waals surface area contributed by atoms with Crippen LogP contribution in [0.2, 0.25) is 10.0 Å². The number of carboxylic acids is 1. The molecule has 0 saturated carbocycles. The number of hydrogen-bond acceptors (Lipinski definition) is 3. The second-order valence-electron chi connectivity index (χ2n) is 3.81. The average Bonchev–Trinajstić information content (AvgIpc) is 2.23. The lowest BCUT2D eigenvalue weighted by atomic mass is 10.2. The standard InChI is InChI=1S/C11H12Cl2N2O4/c1-5(16)9(10(17)18)15-11(19)14-8-3-6(12)2-7(13)4-8/h2-5,9,16H,1H3,(H,17,18)(H2,14,15,19). The highest BCUT2D eigenvalue weighted by atomic mass is 35.5. The lowest BCUT2D eigenvalue weighted by Crippen LogP contribution is -2.49. The van der Waals surface area contributed by atoms with Crippen molar-refractivity contribution in [2.45, 2.75) is 19.1 Å². The Bertz CT molecular complexity index is 473. The molecule has 2 unspecified atom stereocenters. The lowest BCUT2D eigenvalue weighted by molar-refractivity contribution is -0.141. The van der Waals surface area contributed by atoms with E-state index in [1.165, 1.54) is 25.1 Å². The molecular formula is C11H12Cl2N2O4. The zero-order valence-electron chi connectivity index (χ0n) is 9.85. The number of nitrogens with one attached hydrogen (secondary N) is 2. The van der Waals surface area contributed by atoms with Crippen LogP contribution in [0, 0.1) is 0 Å². The summed E-state index contributed by atoms with van der Waals surface area (Å²) in [6.07, 6.45) is -1.23. The van der Waals surface area contributed by atoms with Gasteiger partial charge in [-0.1, -0.05) is 23.2 Å². The summed E-state index contributed by atoms with van der Waals surface area (Å²) in [7, 11) is 0. The molecule has 8 heteroatoms. The maximum atomic E-state index is 11.6. The molecule has 0 bridgehead atoms. The highest BCUT2D eigenvalue weighted by molar-refractivity contribution is 6.35. The SMILES string of the molecule is CC(O)C(NC(=O)Nc1cc(Cl)cc(Cl)c1)C(=O)O. The van der Waals surface area contributed by atoms with Crippen LogP contribution in [0.25, 0.3) is 0 Å². The van der Waals surface area contributed by atoms with E-state index in [9.17, 15) is 14.7 Å². The summed E-state index contributed by atoms with van der Waals surface area (Å²) in [6, 6.07) is 2.19. The Morgan fingerprint density at radius 1 is 1.21 bits per heavy atom. The number of anilines is 1. The molecule has 0 aromatic heterocycles. The van der Waals surface area contributed by atoms with Gasteiger partial charge in [0.1, 0.15) is 0 Å². The number of carboxylic acid groups (broad SMARTS) is 1. The Morgan fingerprint density at radius 3 is 2.16 bits per heavy atom. The molecule has 0 aliphatic rings. The van der Waals surface area contributed by atoms with Crippen molar-refractivity contribution in [3.63, 3.8) is 0 Å². The third-order valence-corrected chi connectivity index (χ3v) is 2.59. The Morgan fingerprint density at radius 2 is 1.74 bits per heavy atom. The lowest BCUT2D eigenvalue weighted by Gasteiger charge is -2.17. The Hall–Kier alpha value is -1.50. The molecule has 19 heavy (non-hydrogen) atoms. The monoisotopic (exact) mass is 306 g/mol. The van der Waals surface area contributed by atoms with E-state index in [4.69, 9.17) is 28.3 Å². The van der Waals surface area contributed by atoms with Gasteiger partial charge in [-0.15, -0.1) is 0 Å². The Kier molecular flexibility index (Phi) is 5.41. The maximum absolute atomic E-state index is 11.6. The van der Waals surface area contributed by atoms with Crippen molar-refractivity contribution in [3.8, 4) is 0 Å². The van der Waals surface area contributed by atoms with Gasteiger partial charge in [-0.25, -0.2) is 9.59 Å². The van der Waals surface area contributed by atoms with E-state index in [2.05, 4.69) is 10.6 Å². The summed E-state index contributed by atoms with van der Waals surface area (Å²) in [5.41, 5.74) is 0.310. The van der Waals surface area contributed by atoms with Crippen LogP contribution in [-0.2, 0) is 4.79 Å². The molecule has 1 rings (SSSR count). The van der Waals surface area contributed by atoms with Gasteiger partial charge >= 0.3 is 12.0 Å². The molecule has 1 aromatic rings. The van der Waals surface area contributed by atoms with Gasteiger partial charge in [-0.3, -0.25) is 0 Å². The van der Waals surface area contributed by atoms with Crippen molar-refractivity contribution in [3.05, 3.63) is 28.2 Å². The fourth-order valence-corrected chi connectivity index (χ4v) is 1.85. The molecule has 0 fully saturated rings. The number of urea groups is 1. The van der Waals surface area contributed by atoms with Gasteiger partial charge in [0.15, 0.2) is 6.04 Å². The van der Waals surface area contributed by atoms with Crippen LogP contribution in [0.15, 0.2) is 18.2 Å². The van der Waals surface area contributed by atoms with E-state index >= 15 is 0 Å². The molecule has 0 saturated heterocycles. The minimum Gasteiger partial charge on any atom is -0.480 e. The number of aliphatic hydroxyl groups excluding tert-OH is 1. The normalized spacial score (nSPS) is 13.5. The first kappa shape index (κ1) is 15.6. The number of carbonyl (C=O) groups excluding carboxylic acids is 1. The minimum atomic E-state index is -1.41. The number of halogens is 2. The molecule has 104 valence electrons. The van der Waals surface area contributed by atoms with Gasteiger partial charge in [-0.2, -0.15) is 0 Å². The number of hydrogen-bond donors (Lipinski definition) is 4. The fourth-order valence-electron chi connectivity index (χ4n) is 1.32. The van der Waals surface area contributed by atoms with Crippen molar-refractivity contribution in [1.82, 2.24) is 5.32 Å². The molecular weight excluding hydrogens is 295 g/mol. The first-order valence-electron chi connectivity index (χ1n) is 5.24. The summed E-state index contributed by atoms with van der Waals surface area (Å²) in [4.78, 5) is 22.4. The number of aliphatic hydroxyl groups is 1. The van der Waals surface area contributed by atoms with Crippen LogP contribution in [0.1, 0.15) is 6.92 Å². The number of rotatable bonds is 4. The first-order valence-corrected chi connectivity index (χ1v) is 5.99. The summed E-state index contributed by atoms with van der Waals surface area (Å²) < 4.78 is 0. The molecule has 4 N–H and O–H groups in total. The van der Waals surface area contributed by atoms with Crippen molar-refractivity contribution in [2.75, 3.05) is 5.32 Å². The van der Waals surface area contributed by atoms with Gasteiger partial charge in [0.2, 0.25) is 0 Å². The maximum Gasteiger partial charge on any atom is 0.328 e. The largest absolute Gasteiger partial charge is 0.480 e. The molecule has 0 aliphatic carbocycles. The van der Waals surface area contributed by atoms with Crippen molar-refractivity contribution >= 4 is 40.9 Å². The molecule has 2 amide bonds. The molecule has 0 aliphatic heterocycles. The number of amides is 2. The van der Waals surface area contributed by atoms with E-state index in [-0.39, 0.29) is 0 Å². The summed E-state index contributed by atoms with van der Waals surface area (Å²) in [5, 5.41) is 23.2. The predicted octanol–water partition coefficient (Wildman–Crippen LogP) is 1.95. The average molecular weight is 307 g/mol. The van der Waals surface area contributed by atoms with Gasteiger partial charge in [0.05, 0.1) is 6.10 Å². The zero-order valence-corrected chi connectivity index (χ0v) is 11.4. The Labute approximate surface area is 119 Å². The highest BCUT2D eigenvalue weighted by Gasteiger charge is 2.24. The first-order chi connectivity index (χ1) is 8.79. The van der Waals surface area contributed by atoms with E-state index in [1.807, 2.05) is 0 Å². The van der Waals surface area contributed by atoms with Gasteiger partial charge < -0.3 is 20.8 Å². The molecule has 1 aromatic carbocycles. The van der Waals surface area contributed by atoms with Crippen LogP contribution < -0.4 is 10.6 Å². The summed E-state index contributed by atoms with van der Waals surface area (Å²) in [5.74, 6) is -1.34. The summed E-state index contributed by atoms with van der Waals surface area (Å²) >= 11 is 11.5. The molecule has 0 spiro atoms. The predicted molar refractivity (Wildman–Crippen MR) is 71.7 cm³/mol. The Balaban J connectivity index is 2.71. The van der Waals surface area contributed by atoms with E-state index < -0.39 is 24.1 Å². The van der Waals surface area contributed by atoms with E-state index in [0.29, 0.717) is 15.7 Å². The van der Waals surface area contributed by atoms with Crippen LogP contribution >= 0.6 is 23.2 Å². The number of benzene rings is 1.